The third kappa shape index (κ3) is 3.58. The normalized spacial score (nSPS) is 26.8. The van der Waals surface area contributed by atoms with Gasteiger partial charge in [-0.15, -0.1) is 0 Å². The number of hydrogen-bond donors (Lipinski definition) is 1. The largest absolute Gasteiger partial charge is 0.301 e. The number of hydroxylamine groups is 1. The Kier molecular flexibility index (Phi) is 4.39. The van der Waals surface area contributed by atoms with Gasteiger partial charge in [0.1, 0.15) is 0 Å². The third-order valence-electron chi connectivity index (χ3n) is 3.15. The highest BCUT2D eigenvalue weighted by molar-refractivity contribution is 4.85. The minimum atomic E-state index is 0.398. The Labute approximate surface area is 88.4 Å². The van der Waals surface area contributed by atoms with Crippen LogP contribution >= 0.6 is 0 Å². The summed E-state index contributed by atoms with van der Waals surface area (Å²) in [6.45, 7) is 9.83. The van der Waals surface area contributed by atoms with Crippen LogP contribution in [0.5, 0.6) is 0 Å². The zero-order valence-electron chi connectivity index (χ0n) is 10.1. The molecule has 0 heterocycles. The average molecular weight is 199 g/mol. The standard InChI is InChI=1S/C12H25NO/c1-10(2)9-14-13-11-7-5-6-8-12(11,3)4/h10-11,13H,5-9H2,1-4H3. The van der Waals surface area contributed by atoms with Gasteiger partial charge in [-0.3, -0.25) is 0 Å². The van der Waals surface area contributed by atoms with Gasteiger partial charge in [0.2, 0.25) is 0 Å². The van der Waals surface area contributed by atoms with Crippen LogP contribution in [0.3, 0.4) is 0 Å². The lowest BCUT2D eigenvalue weighted by atomic mass is 9.74. The van der Waals surface area contributed by atoms with Gasteiger partial charge in [0.05, 0.1) is 6.61 Å². The van der Waals surface area contributed by atoms with E-state index in [2.05, 4.69) is 33.2 Å². The number of nitrogens with one attached hydrogen (secondary N) is 1. The Bertz CT molecular complexity index is 166. The molecule has 1 rings (SSSR count). The summed E-state index contributed by atoms with van der Waals surface area (Å²) in [5, 5.41) is 0. The van der Waals surface area contributed by atoms with Gasteiger partial charge in [-0.2, -0.15) is 5.48 Å². The van der Waals surface area contributed by atoms with Gasteiger partial charge in [-0.1, -0.05) is 40.5 Å². The highest BCUT2D eigenvalue weighted by atomic mass is 16.6. The molecule has 1 aliphatic rings. The Morgan fingerprint density at radius 3 is 2.64 bits per heavy atom. The van der Waals surface area contributed by atoms with Crippen molar-refractivity contribution in [1.29, 1.82) is 0 Å². The quantitative estimate of drug-likeness (QED) is 0.702. The summed E-state index contributed by atoms with van der Waals surface area (Å²) in [5.41, 5.74) is 3.64. The molecule has 84 valence electrons. The minimum Gasteiger partial charge on any atom is -0.301 e. The maximum absolute atomic E-state index is 5.52. The van der Waals surface area contributed by atoms with Gasteiger partial charge in [-0.25, -0.2) is 0 Å². The smallest absolute Gasteiger partial charge is 0.0705 e. The Balaban J connectivity index is 2.27. The summed E-state index contributed by atoms with van der Waals surface area (Å²) in [6.07, 6.45) is 5.28. The van der Waals surface area contributed by atoms with Gasteiger partial charge >= 0.3 is 0 Å². The van der Waals surface area contributed by atoms with Crippen molar-refractivity contribution in [2.75, 3.05) is 6.61 Å². The van der Waals surface area contributed by atoms with Crippen LogP contribution in [0, 0.1) is 11.3 Å². The second-order valence-corrected chi connectivity index (χ2v) is 5.61. The molecular weight excluding hydrogens is 174 g/mol. The topological polar surface area (TPSA) is 21.3 Å². The van der Waals surface area contributed by atoms with Gasteiger partial charge in [0, 0.05) is 6.04 Å². The fraction of sp³-hybridized carbons (Fsp3) is 1.00. The van der Waals surface area contributed by atoms with E-state index in [9.17, 15) is 0 Å². The first-order valence-electron chi connectivity index (χ1n) is 5.89. The molecule has 1 N–H and O–H groups in total. The Morgan fingerprint density at radius 2 is 2.07 bits per heavy atom. The van der Waals surface area contributed by atoms with Crippen LogP contribution in [0.1, 0.15) is 53.4 Å². The van der Waals surface area contributed by atoms with E-state index in [1.54, 1.807) is 0 Å². The van der Waals surface area contributed by atoms with E-state index < -0.39 is 0 Å². The summed E-state index contributed by atoms with van der Waals surface area (Å²) >= 11 is 0. The van der Waals surface area contributed by atoms with E-state index >= 15 is 0 Å². The summed E-state index contributed by atoms with van der Waals surface area (Å²) in [5.74, 6) is 0.606. The third-order valence-corrected chi connectivity index (χ3v) is 3.15. The number of rotatable bonds is 4. The highest BCUT2D eigenvalue weighted by Gasteiger charge is 2.32. The lowest BCUT2D eigenvalue weighted by Gasteiger charge is -2.38. The van der Waals surface area contributed by atoms with Crippen LogP contribution in [0.15, 0.2) is 0 Å². The van der Waals surface area contributed by atoms with Crippen LogP contribution in [0.25, 0.3) is 0 Å². The molecule has 0 aromatic rings. The Morgan fingerprint density at radius 1 is 1.36 bits per heavy atom. The fourth-order valence-electron chi connectivity index (χ4n) is 2.03. The molecule has 0 saturated heterocycles. The lowest BCUT2D eigenvalue weighted by molar-refractivity contribution is -0.0395. The van der Waals surface area contributed by atoms with Gasteiger partial charge in [0.15, 0.2) is 0 Å². The van der Waals surface area contributed by atoms with Gasteiger partial charge in [-0.05, 0) is 24.2 Å². The fourth-order valence-corrected chi connectivity index (χ4v) is 2.03. The molecule has 1 atom stereocenters. The maximum Gasteiger partial charge on any atom is 0.0705 e. The van der Waals surface area contributed by atoms with Crippen molar-refractivity contribution in [3.63, 3.8) is 0 Å². The lowest BCUT2D eigenvalue weighted by Crippen LogP contribution is -2.44. The molecule has 1 aliphatic carbocycles. The molecule has 14 heavy (non-hydrogen) atoms. The highest BCUT2D eigenvalue weighted by Crippen LogP contribution is 2.35. The van der Waals surface area contributed by atoms with E-state index in [1.165, 1.54) is 25.7 Å². The summed E-state index contributed by atoms with van der Waals surface area (Å²) < 4.78 is 0. The zero-order valence-corrected chi connectivity index (χ0v) is 10.1. The molecule has 1 fully saturated rings. The first-order valence-corrected chi connectivity index (χ1v) is 5.89. The molecule has 1 saturated carbocycles. The average Bonchev–Trinajstić information content (AvgIpc) is 2.07. The first-order chi connectivity index (χ1) is 6.52. The molecular formula is C12H25NO. The molecule has 1 unspecified atom stereocenters. The molecule has 0 spiro atoms. The maximum atomic E-state index is 5.52. The number of hydrogen-bond acceptors (Lipinski definition) is 2. The van der Waals surface area contributed by atoms with E-state index in [0.717, 1.165) is 6.61 Å². The van der Waals surface area contributed by atoms with E-state index in [4.69, 9.17) is 4.84 Å². The predicted molar refractivity (Wildman–Crippen MR) is 60.0 cm³/mol. The van der Waals surface area contributed by atoms with Crippen molar-refractivity contribution in [3.05, 3.63) is 0 Å². The van der Waals surface area contributed by atoms with Crippen LogP contribution < -0.4 is 5.48 Å². The van der Waals surface area contributed by atoms with Gasteiger partial charge < -0.3 is 4.84 Å². The van der Waals surface area contributed by atoms with Crippen molar-refractivity contribution in [2.45, 2.75) is 59.4 Å². The SMILES string of the molecule is CC(C)CONC1CCCCC1(C)C. The van der Waals surface area contributed by atoms with Crippen LogP contribution in [-0.2, 0) is 4.84 Å². The van der Waals surface area contributed by atoms with E-state index in [1.807, 2.05) is 0 Å². The second-order valence-electron chi connectivity index (χ2n) is 5.61. The minimum absolute atomic E-state index is 0.398. The summed E-state index contributed by atoms with van der Waals surface area (Å²) in [4.78, 5) is 5.52. The monoisotopic (exact) mass is 199 g/mol. The zero-order chi connectivity index (χ0) is 10.6. The van der Waals surface area contributed by atoms with Crippen molar-refractivity contribution in [1.82, 2.24) is 5.48 Å². The van der Waals surface area contributed by atoms with Gasteiger partial charge in [0.25, 0.3) is 0 Å². The molecule has 0 aromatic carbocycles. The van der Waals surface area contributed by atoms with E-state index in [-0.39, 0.29) is 0 Å². The molecule has 2 nitrogen and oxygen atoms in total. The van der Waals surface area contributed by atoms with Crippen molar-refractivity contribution < 1.29 is 4.84 Å². The van der Waals surface area contributed by atoms with Crippen LogP contribution in [0.4, 0.5) is 0 Å². The van der Waals surface area contributed by atoms with Crippen LogP contribution in [-0.4, -0.2) is 12.6 Å². The van der Waals surface area contributed by atoms with Crippen LogP contribution in [0.2, 0.25) is 0 Å². The molecule has 0 amide bonds. The molecule has 0 bridgehead atoms. The molecule has 0 aliphatic heterocycles. The first kappa shape index (κ1) is 12.0. The predicted octanol–water partition coefficient (Wildman–Crippen LogP) is 3.13. The van der Waals surface area contributed by atoms with Crippen molar-refractivity contribution >= 4 is 0 Å². The molecule has 0 aromatic heterocycles. The second kappa shape index (κ2) is 5.13. The molecule has 0 radical (unpaired) electrons. The van der Waals surface area contributed by atoms with Crippen molar-refractivity contribution in [3.8, 4) is 0 Å². The van der Waals surface area contributed by atoms with Crippen molar-refractivity contribution in [2.24, 2.45) is 11.3 Å². The summed E-state index contributed by atoms with van der Waals surface area (Å²) in [7, 11) is 0. The van der Waals surface area contributed by atoms with E-state index in [0.29, 0.717) is 17.4 Å². The molecule has 2 heteroatoms. The summed E-state index contributed by atoms with van der Waals surface area (Å²) in [6, 6.07) is 0.537. The Hall–Kier alpha value is -0.0800.